The van der Waals surface area contributed by atoms with Gasteiger partial charge in [0, 0.05) is 24.0 Å². The fourth-order valence-electron chi connectivity index (χ4n) is 4.44. The fourth-order valence-corrected chi connectivity index (χ4v) is 4.65. The summed E-state index contributed by atoms with van der Waals surface area (Å²) in [7, 11) is 0. The van der Waals surface area contributed by atoms with Crippen molar-refractivity contribution in [3.63, 3.8) is 0 Å². The average Bonchev–Trinajstić information content (AvgIpc) is 3.01. The molecule has 0 radical (unpaired) electrons. The van der Waals surface area contributed by atoms with E-state index in [2.05, 4.69) is 15.3 Å². The molecule has 138 valence electrons. The van der Waals surface area contributed by atoms with E-state index in [0.717, 1.165) is 17.3 Å². The second kappa shape index (κ2) is 5.74. The van der Waals surface area contributed by atoms with E-state index in [1.165, 1.54) is 12.3 Å². The Hall–Kier alpha value is -2.51. The number of pyridine rings is 2. The van der Waals surface area contributed by atoms with Crippen LogP contribution in [0.3, 0.4) is 0 Å². The van der Waals surface area contributed by atoms with E-state index < -0.39 is 11.4 Å². The molecule has 3 aromatic heterocycles. The first kappa shape index (κ1) is 16.6. The van der Waals surface area contributed by atoms with E-state index in [1.54, 1.807) is 29.2 Å². The molecule has 2 aliphatic rings. The Labute approximate surface area is 159 Å². The predicted molar refractivity (Wildman–Crippen MR) is 95.8 cm³/mol. The lowest BCUT2D eigenvalue weighted by Gasteiger charge is -2.27. The molecule has 0 saturated heterocycles. The van der Waals surface area contributed by atoms with Crippen LogP contribution in [0, 0.1) is 17.7 Å². The number of aromatic nitrogens is 3. The minimum Gasteiger partial charge on any atom is -0.385 e. The number of nitrogens with zero attached hydrogens (tertiary/aromatic N) is 3. The summed E-state index contributed by atoms with van der Waals surface area (Å²) in [6.45, 7) is 0. The third kappa shape index (κ3) is 2.69. The zero-order valence-corrected chi connectivity index (χ0v) is 14.9. The molecule has 2 saturated carbocycles. The molecule has 5 rings (SSSR count). The maximum atomic E-state index is 13.2. The van der Waals surface area contributed by atoms with Gasteiger partial charge in [-0.1, -0.05) is 11.6 Å². The fraction of sp³-hybridized carbons (Fsp3) is 0.316. The smallest absolute Gasteiger partial charge is 0.253 e. The van der Waals surface area contributed by atoms with Gasteiger partial charge < -0.3 is 14.8 Å². The highest BCUT2D eigenvalue weighted by atomic mass is 35.5. The van der Waals surface area contributed by atoms with Crippen molar-refractivity contribution in [1.82, 2.24) is 19.7 Å². The van der Waals surface area contributed by atoms with Crippen LogP contribution in [-0.2, 0) is 5.60 Å². The van der Waals surface area contributed by atoms with Crippen LogP contribution in [0.1, 0.15) is 28.8 Å². The normalized spacial score (nSPS) is 28.9. The number of halogens is 2. The second-order valence-corrected chi connectivity index (χ2v) is 7.85. The Morgan fingerprint density at radius 3 is 2.78 bits per heavy atom. The Bertz CT molecular complexity index is 1060. The van der Waals surface area contributed by atoms with Crippen molar-refractivity contribution >= 4 is 23.0 Å². The number of nitrogens with one attached hydrogen (secondary N) is 1. The lowest BCUT2D eigenvalue weighted by atomic mass is 9.88. The third-order valence-corrected chi connectivity index (χ3v) is 5.94. The van der Waals surface area contributed by atoms with Crippen LogP contribution in [0.5, 0.6) is 0 Å². The summed E-state index contributed by atoms with van der Waals surface area (Å²) in [6.07, 6.45) is 8.59. The molecule has 0 aliphatic heterocycles. The Balaban J connectivity index is 1.33. The molecule has 0 spiro atoms. The number of fused-ring (bicyclic) bond motifs is 2. The SMILES string of the molecule is O=C(NC1[C@H]2CC(O)(c3cc(Cl)cn4cncc34)C[C@@H]12)c1cncc(F)c1. The number of aliphatic hydroxyl groups is 1. The van der Waals surface area contributed by atoms with E-state index in [4.69, 9.17) is 11.6 Å². The van der Waals surface area contributed by atoms with Crippen molar-refractivity contribution in [1.29, 1.82) is 0 Å². The van der Waals surface area contributed by atoms with Crippen LogP contribution in [0.4, 0.5) is 4.39 Å². The summed E-state index contributed by atoms with van der Waals surface area (Å²) in [5, 5.41) is 14.7. The quantitative estimate of drug-likeness (QED) is 0.725. The molecule has 4 atom stereocenters. The van der Waals surface area contributed by atoms with E-state index in [0.29, 0.717) is 17.9 Å². The standard InChI is InChI=1S/C19H16ClFN4O2/c20-11-2-15(16-7-23-9-25(16)8-11)19(27)3-13-14(4-19)17(13)24-18(26)10-1-12(21)6-22-5-10/h1-2,5-9,13-14,17,27H,3-4H2,(H,24,26)/t13-,14+,17?,19?. The second-order valence-electron chi connectivity index (χ2n) is 7.42. The van der Waals surface area contributed by atoms with Gasteiger partial charge >= 0.3 is 0 Å². The van der Waals surface area contributed by atoms with E-state index in [9.17, 15) is 14.3 Å². The minimum absolute atomic E-state index is 0.0128. The summed E-state index contributed by atoms with van der Waals surface area (Å²) in [4.78, 5) is 20.1. The first-order valence-electron chi connectivity index (χ1n) is 8.70. The van der Waals surface area contributed by atoms with E-state index in [-0.39, 0.29) is 29.3 Å². The van der Waals surface area contributed by atoms with Crippen LogP contribution in [0.2, 0.25) is 5.02 Å². The van der Waals surface area contributed by atoms with Gasteiger partial charge in [0.15, 0.2) is 0 Å². The van der Waals surface area contributed by atoms with Crippen LogP contribution in [-0.4, -0.2) is 31.4 Å². The number of imidazole rings is 1. The molecular weight excluding hydrogens is 371 g/mol. The minimum atomic E-state index is -0.997. The third-order valence-electron chi connectivity index (χ3n) is 5.73. The van der Waals surface area contributed by atoms with Gasteiger partial charge in [0.25, 0.3) is 5.91 Å². The van der Waals surface area contributed by atoms with Gasteiger partial charge in [-0.05, 0) is 36.8 Å². The molecule has 8 heteroatoms. The molecular formula is C19H16ClFN4O2. The molecule has 1 amide bonds. The van der Waals surface area contributed by atoms with E-state index in [1.807, 2.05) is 0 Å². The van der Waals surface area contributed by atoms with Crippen molar-refractivity contribution in [2.45, 2.75) is 24.5 Å². The van der Waals surface area contributed by atoms with Crippen molar-refractivity contribution < 1.29 is 14.3 Å². The van der Waals surface area contributed by atoms with Crippen LogP contribution < -0.4 is 5.32 Å². The van der Waals surface area contributed by atoms with Gasteiger partial charge in [0.05, 0.1) is 40.4 Å². The van der Waals surface area contributed by atoms with Crippen molar-refractivity contribution in [2.75, 3.05) is 0 Å². The van der Waals surface area contributed by atoms with Crippen molar-refractivity contribution in [2.24, 2.45) is 11.8 Å². The largest absolute Gasteiger partial charge is 0.385 e. The van der Waals surface area contributed by atoms with Gasteiger partial charge in [0.2, 0.25) is 0 Å². The Morgan fingerprint density at radius 1 is 1.26 bits per heavy atom. The lowest BCUT2D eigenvalue weighted by molar-refractivity contribution is 0.0289. The summed E-state index contributed by atoms with van der Waals surface area (Å²) in [5.41, 5.74) is 0.795. The highest BCUT2D eigenvalue weighted by Crippen LogP contribution is 2.60. The van der Waals surface area contributed by atoms with E-state index >= 15 is 0 Å². The van der Waals surface area contributed by atoms with Gasteiger partial charge in [-0.25, -0.2) is 9.37 Å². The van der Waals surface area contributed by atoms with Crippen LogP contribution in [0.15, 0.2) is 43.2 Å². The summed E-state index contributed by atoms with van der Waals surface area (Å²) in [5.74, 6) is -0.519. The van der Waals surface area contributed by atoms with Crippen LogP contribution >= 0.6 is 11.6 Å². The van der Waals surface area contributed by atoms with Crippen LogP contribution in [0.25, 0.3) is 5.52 Å². The number of hydrogen-bond acceptors (Lipinski definition) is 4. The maximum absolute atomic E-state index is 13.2. The molecule has 0 aromatic carbocycles. The number of carbonyl (C=O) groups excluding carboxylic acids is 1. The number of rotatable bonds is 3. The topological polar surface area (TPSA) is 79.5 Å². The van der Waals surface area contributed by atoms with Gasteiger partial charge in [-0.15, -0.1) is 0 Å². The average molecular weight is 387 g/mol. The molecule has 3 heterocycles. The van der Waals surface area contributed by atoms with Gasteiger partial charge in [-0.3, -0.25) is 9.78 Å². The Kier molecular flexibility index (Phi) is 3.54. The predicted octanol–water partition coefficient (Wildman–Crippen LogP) is 2.55. The zero-order chi connectivity index (χ0) is 18.8. The lowest BCUT2D eigenvalue weighted by Crippen LogP contribution is -2.33. The van der Waals surface area contributed by atoms with Gasteiger partial charge in [-0.2, -0.15) is 0 Å². The summed E-state index contributed by atoms with van der Waals surface area (Å²) in [6, 6.07) is 2.94. The van der Waals surface area contributed by atoms with Crippen molar-refractivity contribution in [3.05, 3.63) is 65.2 Å². The molecule has 0 bridgehead atoms. The maximum Gasteiger partial charge on any atom is 0.253 e. The molecule has 3 aromatic rings. The highest BCUT2D eigenvalue weighted by molar-refractivity contribution is 6.30. The molecule has 27 heavy (non-hydrogen) atoms. The summed E-state index contributed by atoms with van der Waals surface area (Å²) < 4.78 is 15.0. The first-order chi connectivity index (χ1) is 12.9. The first-order valence-corrected chi connectivity index (χ1v) is 9.08. The number of carbonyl (C=O) groups is 1. The highest BCUT2D eigenvalue weighted by Gasteiger charge is 2.62. The number of amides is 1. The Morgan fingerprint density at radius 2 is 2.04 bits per heavy atom. The monoisotopic (exact) mass is 386 g/mol. The number of hydrogen-bond donors (Lipinski definition) is 2. The molecule has 2 aliphatic carbocycles. The van der Waals surface area contributed by atoms with Crippen molar-refractivity contribution in [3.8, 4) is 0 Å². The zero-order valence-electron chi connectivity index (χ0n) is 14.1. The molecule has 2 unspecified atom stereocenters. The molecule has 6 nitrogen and oxygen atoms in total. The summed E-state index contributed by atoms with van der Waals surface area (Å²) >= 11 is 6.19. The molecule has 2 fully saturated rings. The van der Waals surface area contributed by atoms with Gasteiger partial charge in [0.1, 0.15) is 5.82 Å². The molecule has 2 N–H and O–H groups in total.